The molecule has 1 atom stereocenters. The minimum Gasteiger partial charge on any atom is -0.493 e. The van der Waals surface area contributed by atoms with Crippen LogP contribution in [0.25, 0.3) is 11.4 Å². The van der Waals surface area contributed by atoms with E-state index in [2.05, 4.69) is 20.7 Å². The van der Waals surface area contributed by atoms with Gasteiger partial charge in [-0.1, -0.05) is 6.07 Å². The van der Waals surface area contributed by atoms with Gasteiger partial charge in [0.15, 0.2) is 11.5 Å². The Labute approximate surface area is 227 Å². The van der Waals surface area contributed by atoms with Crippen LogP contribution in [0.15, 0.2) is 35.7 Å². The van der Waals surface area contributed by atoms with E-state index >= 15 is 0 Å². The van der Waals surface area contributed by atoms with Crippen LogP contribution in [0, 0.1) is 0 Å². The highest BCUT2D eigenvalue weighted by Gasteiger charge is 2.34. The Hall–Kier alpha value is -3.51. The number of ether oxygens (including phenoxy) is 3. The summed E-state index contributed by atoms with van der Waals surface area (Å²) in [5.41, 5.74) is 0.199. The molecule has 12 heteroatoms. The lowest BCUT2D eigenvalue weighted by molar-refractivity contribution is -0.142. The van der Waals surface area contributed by atoms with Crippen molar-refractivity contribution in [2.24, 2.45) is 0 Å². The van der Waals surface area contributed by atoms with E-state index in [0.717, 1.165) is 4.88 Å². The van der Waals surface area contributed by atoms with Crippen molar-refractivity contribution in [3.05, 3.63) is 40.6 Å². The average Bonchev–Trinajstić information content (AvgIpc) is 3.57. The monoisotopic (exact) mass is 544 g/mol. The number of tetrazole rings is 1. The number of thiophene rings is 1. The van der Waals surface area contributed by atoms with E-state index in [9.17, 15) is 9.59 Å². The van der Waals surface area contributed by atoms with Gasteiger partial charge in [0.05, 0.1) is 14.2 Å². The lowest BCUT2D eigenvalue weighted by Gasteiger charge is -2.33. The van der Waals surface area contributed by atoms with Crippen molar-refractivity contribution < 1.29 is 23.8 Å². The number of nitrogens with zero attached hydrogens (tertiary/aromatic N) is 5. The van der Waals surface area contributed by atoms with Crippen LogP contribution in [0.4, 0.5) is 0 Å². The molecule has 3 rings (SSSR count). The molecule has 2 heterocycles. The van der Waals surface area contributed by atoms with Gasteiger partial charge in [-0.05, 0) is 69.0 Å². The lowest BCUT2D eigenvalue weighted by atomic mass is 10.1. The summed E-state index contributed by atoms with van der Waals surface area (Å²) in [5, 5.41) is 17.5. The van der Waals surface area contributed by atoms with Crippen LogP contribution in [-0.2, 0) is 20.9 Å². The average molecular weight is 545 g/mol. The normalized spacial score (nSPS) is 12.2. The topological polar surface area (TPSA) is 121 Å². The van der Waals surface area contributed by atoms with Crippen molar-refractivity contribution in [1.29, 1.82) is 0 Å². The molecular formula is C26H36N6O5S. The van der Waals surface area contributed by atoms with Crippen molar-refractivity contribution in [1.82, 2.24) is 30.4 Å². The molecule has 0 bridgehead atoms. The zero-order valence-electron chi connectivity index (χ0n) is 22.8. The highest BCUT2D eigenvalue weighted by molar-refractivity contribution is 7.10. The molecule has 0 aliphatic rings. The standard InChI is InChI=1S/C26H36N6O5S/c1-7-37-14-9-13-31(23(21-10-8-15-38-21)25(34)27-26(2,3)4)22(33)17-32-29-24(28-30-32)18-11-12-19(35-5)20(16-18)36-6/h8,10-12,15-16,23H,7,9,13-14,17H2,1-6H3,(H,27,34)/t23-/m1/s1. The van der Waals surface area contributed by atoms with Gasteiger partial charge in [0.1, 0.15) is 12.6 Å². The van der Waals surface area contributed by atoms with E-state index in [0.29, 0.717) is 49.1 Å². The molecule has 206 valence electrons. The van der Waals surface area contributed by atoms with Crippen LogP contribution in [0.1, 0.15) is 45.0 Å². The second-order valence-corrected chi connectivity index (χ2v) is 10.5. The molecule has 0 aliphatic heterocycles. The predicted molar refractivity (Wildman–Crippen MR) is 144 cm³/mol. The largest absolute Gasteiger partial charge is 0.493 e. The fourth-order valence-corrected chi connectivity index (χ4v) is 4.64. The van der Waals surface area contributed by atoms with Crippen LogP contribution >= 0.6 is 11.3 Å². The second kappa shape index (κ2) is 13.3. The maximum atomic E-state index is 13.7. The summed E-state index contributed by atoms with van der Waals surface area (Å²) in [4.78, 5) is 30.7. The fraction of sp³-hybridized carbons (Fsp3) is 0.500. The number of benzene rings is 1. The molecule has 0 spiro atoms. The summed E-state index contributed by atoms with van der Waals surface area (Å²) >= 11 is 1.43. The highest BCUT2D eigenvalue weighted by atomic mass is 32.1. The van der Waals surface area contributed by atoms with Crippen LogP contribution in [-0.4, -0.2) is 76.4 Å². The third-order valence-electron chi connectivity index (χ3n) is 5.45. The first-order valence-corrected chi connectivity index (χ1v) is 13.3. The smallest absolute Gasteiger partial charge is 0.248 e. The third kappa shape index (κ3) is 7.75. The SMILES string of the molecule is CCOCCCN(C(=O)Cn1nnc(-c2ccc(OC)c(OC)c2)n1)[C@@H](C(=O)NC(C)(C)C)c1cccs1. The molecule has 0 unspecified atom stereocenters. The van der Waals surface area contributed by atoms with Crippen LogP contribution in [0.3, 0.4) is 0 Å². The Balaban J connectivity index is 1.86. The minimum atomic E-state index is -0.794. The van der Waals surface area contributed by atoms with Crippen molar-refractivity contribution in [2.75, 3.05) is 34.0 Å². The number of amides is 2. The molecule has 11 nitrogen and oxygen atoms in total. The Kier molecular flexibility index (Phi) is 10.2. The Morgan fingerprint density at radius 1 is 1.16 bits per heavy atom. The lowest BCUT2D eigenvalue weighted by Crippen LogP contribution is -2.50. The van der Waals surface area contributed by atoms with Crippen molar-refractivity contribution in [3.63, 3.8) is 0 Å². The van der Waals surface area contributed by atoms with Crippen molar-refractivity contribution in [3.8, 4) is 22.9 Å². The Morgan fingerprint density at radius 2 is 1.92 bits per heavy atom. The van der Waals surface area contributed by atoms with Gasteiger partial charge < -0.3 is 24.4 Å². The van der Waals surface area contributed by atoms with E-state index in [1.54, 1.807) is 37.3 Å². The molecule has 0 fully saturated rings. The van der Waals surface area contributed by atoms with Gasteiger partial charge in [-0.2, -0.15) is 4.80 Å². The number of nitrogens with one attached hydrogen (secondary N) is 1. The molecule has 1 aromatic carbocycles. The molecule has 0 saturated heterocycles. The molecule has 2 aromatic heterocycles. The number of carbonyl (C=O) groups is 2. The number of hydrogen-bond acceptors (Lipinski definition) is 9. The Bertz CT molecular complexity index is 1190. The zero-order valence-corrected chi connectivity index (χ0v) is 23.6. The maximum absolute atomic E-state index is 13.7. The first-order valence-electron chi connectivity index (χ1n) is 12.4. The molecule has 1 N–H and O–H groups in total. The van der Waals surface area contributed by atoms with Gasteiger partial charge in [0.2, 0.25) is 17.6 Å². The first kappa shape index (κ1) is 29.1. The molecule has 3 aromatic rings. The molecule has 0 radical (unpaired) electrons. The summed E-state index contributed by atoms with van der Waals surface area (Å²) in [6.07, 6.45) is 0.575. The number of methoxy groups -OCH3 is 2. The number of carbonyl (C=O) groups excluding carboxylic acids is 2. The third-order valence-corrected chi connectivity index (χ3v) is 6.38. The Morgan fingerprint density at radius 3 is 2.55 bits per heavy atom. The van der Waals surface area contributed by atoms with Gasteiger partial charge in [-0.15, -0.1) is 21.5 Å². The first-order chi connectivity index (χ1) is 18.2. The summed E-state index contributed by atoms with van der Waals surface area (Å²) in [7, 11) is 3.10. The number of hydrogen-bond donors (Lipinski definition) is 1. The van der Waals surface area contributed by atoms with E-state index in [1.165, 1.54) is 16.1 Å². The maximum Gasteiger partial charge on any atom is 0.248 e. The summed E-state index contributed by atoms with van der Waals surface area (Å²) in [5.74, 6) is 0.889. The molecule has 0 saturated carbocycles. The second-order valence-electron chi connectivity index (χ2n) is 9.51. The van der Waals surface area contributed by atoms with Crippen LogP contribution in [0.5, 0.6) is 11.5 Å². The van der Waals surface area contributed by atoms with Gasteiger partial charge in [0.25, 0.3) is 0 Å². The van der Waals surface area contributed by atoms with E-state index in [-0.39, 0.29) is 18.4 Å². The summed E-state index contributed by atoms with van der Waals surface area (Å²) < 4.78 is 16.1. The molecule has 2 amide bonds. The van der Waals surface area contributed by atoms with Gasteiger partial charge >= 0.3 is 0 Å². The van der Waals surface area contributed by atoms with Gasteiger partial charge in [-0.25, -0.2) is 0 Å². The summed E-state index contributed by atoms with van der Waals surface area (Å²) in [6.45, 7) is 8.85. The van der Waals surface area contributed by atoms with Gasteiger partial charge in [0, 0.05) is 35.7 Å². The van der Waals surface area contributed by atoms with Crippen molar-refractivity contribution in [2.45, 2.75) is 52.2 Å². The van der Waals surface area contributed by atoms with Crippen LogP contribution in [0.2, 0.25) is 0 Å². The highest BCUT2D eigenvalue weighted by Crippen LogP contribution is 2.31. The molecule has 38 heavy (non-hydrogen) atoms. The summed E-state index contributed by atoms with van der Waals surface area (Å²) in [6, 6.07) is 8.22. The number of rotatable bonds is 13. The number of aromatic nitrogens is 4. The fourth-order valence-electron chi connectivity index (χ4n) is 3.80. The minimum absolute atomic E-state index is 0.181. The molecular weight excluding hydrogens is 508 g/mol. The quantitative estimate of drug-likeness (QED) is 0.325. The molecule has 0 aliphatic carbocycles. The predicted octanol–water partition coefficient (Wildman–Crippen LogP) is 3.33. The van der Waals surface area contributed by atoms with Gasteiger partial charge in [-0.3, -0.25) is 9.59 Å². The van der Waals surface area contributed by atoms with E-state index in [1.807, 2.05) is 45.2 Å². The zero-order chi connectivity index (χ0) is 27.7. The van der Waals surface area contributed by atoms with E-state index in [4.69, 9.17) is 14.2 Å². The van der Waals surface area contributed by atoms with Crippen molar-refractivity contribution >= 4 is 23.2 Å². The van der Waals surface area contributed by atoms with E-state index < -0.39 is 11.6 Å². The van der Waals surface area contributed by atoms with Crippen LogP contribution < -0.4 is 14.8 Å².